The maximum absolute atomic E-state index is 8.46. The Kier molecular flexibility index (Phi) is 7.89. The third-order valence-corrected chi connectivity index (χ3v) is 2.32. The van der Waals surface area contributed by atoms with Crippen LogP contribution in [0.25, 0.3) is 0 Å². The highest BCUT2D eigenvalue weighted by Crippen LogP contribution is 2.12. The van der Waals surface area contributed by atoms with Crippen molar-refractivity contribution in [2.24, 2.45) is 5.73 Å². The Labute approximate surface area is 106 Å². The van der Waals surface area contributed by atoms with Crippen LogP contribution in [0.5, 0.6) is 0 Å². The van der Waals surface area contributed by atoms with Crippen molar-refractivity contribution in [1.29, 1.82) is 5.26 Å². The number of hydrogen-bond donors (Lipinski definition) is 2. The molecule has 0 amide bonds. The zero-order valence-corrected chi connectivity index (χ0v) is 10.5. The Morgan fingerprint density at radius 3 is 2.94 bits per heavy atom. The molecule has 6 nitrogen and oxygen atoms in total. The van der Waals surface area contributed by atoms with Crippen LogP contribution in [0.4, 0.5) is 0 Å². The molecule has 8 heteroatoms. The Morgan fingerprint density at radius 2 is 2.31 bits per heavy atom. The standard InChI is InChI=1S/C8H14N6S.ClH/c9-4-2-5-14-8(11-12-13-14)7(10)3-1-6-15;/h7,15H,1-3,5-6,10H2;1H. The van der Waals surface area contributed by atoms with Crippen LogP contribution >= 0.6 is 25.0 Å². The molecule has 0 bridgehead atoms. The van der Waals surface area contributed by atoms with E-state index in [-0.39, 0.29) is 18.4 Å². The first-order valence-electron chi connectivity index (χ1n) is 4.79. The summed E-state index contributed by atoms with van der Waals surface area (Å²) in [5.41, 5.74) is 5.92. The third-order valence-electron chi connectivity index (χ3n) is 2.00. The Bertz CT molecular complexity index is 336. The van der Waals surface area contributed by atoms with E-state index < -0.39 is 0 Å². The van der Waals surface area contributed by atoms with E-state index in [9.17, 15) is 0 Å². The summed E-state index contributed by atoms with van der Waals surface area (Å²) < 4.78 is 1.59. The SMILES string of the molecule is Cl.N#CCCn1nnnc1C(N)CCCS. The van der Waals surface area contributed by atoms with Crippen molar-refractivity contribution in [3.05, 3.63) is 5.82 Å². The molecular weight excluding hydrogens is 248 g/mol. The van der Waals surface area contributed by atoms with Gasteiger partial charge in [-0.05, 0) is 29.0 Å². The van der Waals surface area contributed by atoms with Crippen LogP contribution in [-0.4, -0.2) is 26.0 Å². The van der Waals surface area contributed by atoms with Crippen molar-refractivity contribution < 1.29 is 0 Å². The maximum Gasteiger partial charge on any atom is 0.168 e. The Balaban J connectivity index is 0.00000225. The first-order valence-corrected chi connectivity index (χ1v) is 5.42. The summed E-state index contributed by atoms with van der Waals surface area (Å²) in [5, 5.41) is 19.7. The summed E-state index contributed by atoms with van der Waals surface area (Å²) >= 11 is 4.12. The van der Waals surface area contributed by atoms with Gasteiger partial charge in [-0.25, -0.2) is 4.68 Å². The van der Waals surface area contributed by atoms with Crippen molar-refractivity contribution >= 4 is 25.0 Å². The molecule has 1 atom stereocenters. The number of aryl methyl sites for hydroxylation is 1. The zero-order valence-electron chi connectivity index (χ0n) is 8.78. The number of nitrogens with two attached hydrogens (primary N) is 1. The monoisotopic (exact) mass is 262 g/mol. The highest BCUT2D eigenvalue weighted by Gasteiger charge is 2.13. The number of hydrogen-bond acceptors (Lipinski definition) is 6. The first kappa shape index (κ1) is 15.2. The summed E-state index contributed by atoms with van der Waals surface area (Å²) in [5.74, 6) is 1.44. The van der Waals surface area contributed by atoms with Crippen LogP contribution in [0.2, 0.25) is 0 Å². The fourth-order valence-electron chi connectivity index (χ4n) is 1.23. The van der Waals surface area contributed by atoms with Crippen LogP contribution in [0, 0.1) is 11.3 Å². The van der Waals surface area contributed by atoms with E-state index in [4.69, 9.17) is 11.0 Å². The lowest BCUT2D eigenvalue weighted by Crippen LogP contribution is -2.17. The van der Waals surface area contributed by atoms with Gasteiger partial charge in [0.05, 0.1) is 25.1 Å². The van der Waals surface area contributed by atoms with Gasteiger partial charge in [0.2, 0.25) is 0 Å². The molecular formula is C8H15ClN6S. The molecule has 0 radical (unpaired) electrons. The van der Waals surface area contributed by atoms with E-state index in [1.54, 1.807) is 4.68 Å². The number of thiol groups is 1. The number of rotatable bonds is 6. The molecule has 1 rings (SSSR count). The average molecular weight is 263 g/mol. The van der Waals surface area contributed by atoms with Gasteiger partial charge in [0.1, 0.15) is 0 Å². The molecule has 1 aromatic rings. The Hall–Kier alpha value is -0.840. The van der Waals surface area contributed by atoms with Crippen molar-refractivity contribution in [3.8, 4) is 6.07 Å². The smallest absolute Gasteiger partial charge is 0.168 e. The zero-order chi connectivity index (χ0) is 11.1. The predicted molar refractivity (Wildman–Crippen MR) is 65.3 cm³/mol. The van der Waals surface area contributed by atoms with Crippen LogP contribution in [0.1, 0.15) is 31.1 Å². The summed E-state index contributed by atoms with van der Waals surface area (Å²) in [4.78, 5) is 0. The van der Waals surface area contributed by atoms with Crippen molar-refractivity contribution in [2.45, 2.75) is 31.8 Å². The highest BCUT2D eigenvalue weighted by atomic mass is 35.5. The van der Waals surface area contributed by atoms with E-state index in [1.807, 2.05) is 6.07 Å². The lowest BCUT2D eigenvalue weighted by Gasteiger charge is -2.09. The molecule has 0 saturated carbocycles. The quantitative estimate of drug-likeness (QED) is 0.737. The minimum Gasteiger partial charge on any atom is -0.321 e. The molecule has 0 aliphatic carbocycles. The number of nitriles is 1. The van der Waals surface area contributed by atoms with Gasteiger partial charge >= 0.3 is 0 Å². The maximum atomic E-state index is 8.46. The molecule has 0 aromatic carbocycles. The van der Waals surface area contributed by atoms with Gasteiger partial charge < -0.3 is 5.73 Å². The van der Waals surface area contributed by atoms with Crippen LogP contribution < -0.4 is 5.73 Å². The second kappa shape index (κ2) is 8.33. The van der Waals surface area contributed by atoms with E-state index in [0.717, 1.165) is 18.6 Å². The number of halogens is 1. The molecule has 0 saturated heterocycles. The van der Waals surface area contributed by atoms with Gasteiger partial charge in [-0.2, -0.15) is 17.9 Å². The molecule has 90 valence electrons. The molecule has 1 unspecified atom stereocenters. The Morgan fingerprint density at radius 1 is 1.56 bits per heavy atom. The molecule has 1 heterocycles. The normalized spacial score (nSPS) is 11.6. The second-order valence-electron chi connectivity index (χ2n) is 3.14. The van der Waals surface area contributed by atoms with Crippen LogP contribution in [-0.2, 0) is 6.54 Å². The van der Waals surface area contributed by atoms with Crippen LogP contribution in [0.3, 0.4) is 0 Å². The van der Waals surface area contributed by atoms with E-state index in [0.29, 0.717) is 18.8 Å². The molecule has 0 aliphatic heterocycles. The van der Waals surface area contributed by atoms with Crippen LogP contribution in [0.15, 0.2) is 0 Å². The third kappa shape index (κ3) is 4.35. The number of aromatic nitrogens is 4. The predicted octanol–water partition coefficient (Wildman–Crippen LogP) is 0.718. The highest BCUT2D eigenvalue weighted by molar-refractivity contribution is 7.80. The lowest BCUT2D eigenvalue weighted by atomic mass is 10.2. The van der Waals surface area contributed by atoms with Crippen molar-refractivity contribution in [3.63, 3.8) is 0 Å². The van der Waals surface area contributed by atoms with E-state index in [1.165, 1.54) is 0 Å². The van der Waals surface area contributed by atoms with Crippen molar-refractivity contribution in [2.75, 3.05) is 5.75 Å². The fraction of sp³-hybridized carbons (Fsp3) is 0.750. The van der Waals surface area contributed by atoms with Gasteiger partial charge in [0, 0.05) is 0 Å². The molecule has 2 N–H and O–H groups in total. The molecule has 1 aromatic heterocycles. The molecule has 0 spiro atoms. The summed E-state index contributed by atoms with van der Waals surface area (Å²) in [7, 11) is 0. The van der Waals surface area contributed by atoms with Gasteiger partial charge in [0.25, 0.3) is 0 Å². The summed E-state index contributed by atoms with van der Waals surface area (Å²) in [6.45, 7) is 0.493. The fourth-order valence-corrected chi connectivity index (χ4v) is 1.42. The molecule has 0 aliphatic rings. The van der Waals surface area contributed by atoms with Crippen molar-refractivity contribution in [1.82, 2.24) is 20.2 Å². The van der Waals surface area contributed by atoms with Gasteiger partial charge in [0.15, 0.2) is 5.82 Å². The molecule has 16 heavy (non-hydrogen) atoms. The van der Waals surface area contributed by atoms with E-state index >= 15 is 0 Å². The lowest BCUT2D eigenvalue weighted by molar-refractivity contribution is 0.517. The van der Waals surface area contributed by atoms with Gasteiger partial charge in [-0.1, -0.05) is 0 Å². The largest absolute Gasteiger partial charge is 0.321 e. The van der Waals surface area contributed by atoms with Gasteiger partial charge in [-0.15, -0.1) is 17.5 Å². The number of nitrogens with zero attached hydrogens (tertiary/aromatic N) is 5. The molecule has 0 fully saturated rings. The number of tetrazole rings is 1. The second-order valence-corrected chi connectivity index (χ2v) is 3.59. The first-order chi connectivity index (χ1) is 7.29. The average Bonchev–Trinajstić information content (AvgIpc) is 2.71. The van der Waals surface area contributed by atoms with Gasteiger partial charge in [-0.3, -0.25) is 0 Å². The summed E-state index contributed by atoms with van der Waals surface area (Å²) in [6.07, 6.45) is 2.11. The van der Waals surface area contributed by atoms with E-state index in [2.05, 4.69) is 28.2 Å². The summed E-state index contributed by atoms with van der Waals surface area (Å²) in [6, 6.07) is 1.87. The topological polar surface area (TPSA) is 93.4 Å². The minimum atomic E-state index is -0.175. The minimum absolute atomic E-state index is 0.